The predicted octanol–water partition coefficient (Wildman–Crippen LogP) is 3.49. The molecular formula is C15H19NO. The fourth-order valence-electron chi connectivity index (χ4n) is 2.26. The first-order valence-corrected chi connectivity index (χ1v) is 5.92. The second-order valence-corrected chi connectivity index (χ2v) is 4.49. The van der Waals surface area contributed by atoms with Crippen LogP contribution in [0, 0.1) is 13.8 Å². The normalized spacial score (nSPS) is 18.4. The first-order valence-electron chi connectivity index (χ1n) is 5.92. The second-order valence-electron chi connectivity index (χ2n) is 4.49. The van der Waals surface area contributed by atoms with Crippen molar-refractivity contribution in [2.45, 2.75) is 26.2 Å². The van der Waals surface area contributed by atoms with Gasteiger partial charge in [0.1, 0.15) is 5.75 Å². The van der Waals surface area contributed by atoms with Gasteiger partial charge in [0.25, 0.3) is 0 Å². The number of hydrogen-bond acceptors (Lipinski definition) is 2. The molecule has 0 radical (unpaired) electrons. The maximum atomic E-state index is 6.22. The zero-order valence-electron chi connectivity index (χ0n) is 10.7. The molecule has 0 spiro atoms. The highest BCUT2D eigenvalue weighted by Gasteiger charge is 2.17. The molecule has 1 aliphatic carbocycles. The van der Waals surface area contributed by atoms with Crippen molar-refractivity contribution in [1.29, 1.82) is 0 Å². The van der Waals surface area contributed by atoms with Gasteiger partial charge in [-0.05, 0) is 43.0 Å². The van der Waals surface area contributed by atoms with Crippen LogP contribution in [0.5, 0.6) is 5.75 Å². The first kappa shape index (κ1) is 11.8. The standard InChI is InChI=1S/C15H19NO/c1-10-11(2)15(16)13(9-14(10)17-3)12-7-5-4-6-8-12/h4-7,9,12H,8,16H2,1-3H3/t12-/m0/s1. The summed E-state index contributed by atoms with van der Waals surface area (Å²) in [6.07, 6.45) is 9.53. The molecule has 0 saturated heterocycles. The Bertz CT molecular complexity index is 486. The average Bonchev–Trinajstić information content (AvgIpc) is 2.37. The van der Waals surface area contributed by atoms with Gasteiger partial charge in [-0.3, -0.25) is 0 Å². The van der Waals surface area contributed by atoms with Gasteiger partial charge < -0.3 is 10.5 Å². The van der Waals surface area contributed by atoms with Crippen LogP contribution in [0.4, 0.5) is 5.69 Å². The van der Waals surface area contributed by atoms with Gasteiger partial charge in [0, 0.05) is 11.6 Å². The smallest absolute Gasteiger partial charge is 0.122 e. The van der Waals surface area contributed by atoms with Gasteiger partial charge in [0.15, 0.2) is 0 Å². The van der Waals surface area contributed by atoms with Crippen LogP contribution in [0.3, 0.4) is 0 Å². The monoisotopic (exact) mass is 229 g/mol. The molecule has 0 aromatic heterocycles. The molecule has 17 heavy (non-hydrogen) atoms. The van der Waals surface area contributed by atoms with E-state index in [1.165, 1.54) is 5.56 Å². The minimum Gasteiger partial charge on any atom is -0.496 e. The first-order chi connectivity index (χ1) is 8.15. The third-order valence-electron chi connectivity index (χ3n) is 3.53. The maximum absolute atomic E-state index is 6.22. The predicted molar refractivity (Wildman–Crippen MR) is 72.5 cm³/mol. The highest BCUT2D eigenvalue weighted by atomic mass is 16.5. The lowest BCUT2D eigenvalue weighted by Crippen LogP contribution is -2.06. The van der Waals surface area contributed by atoms with Crippen molar-refractivity contribution < 1.29 is 4.74 Å². The number of methoxy groups -OCH3 is 1. The van der Waals surface area contributed by atoms with Crippen LogP contribution in [-0.4, -0.2) is 7.11 Å². The number of nitrogens with two attached hydrogens (primary N) is 1. The summed E-state index contributed by atoms with van der Waals surface area (Å²) < 4.78 is 5.41. The van der Waals surface area contributed by atoms with E-state index in [9.17, 15) is 0 Å². The highest BCUT2D eigenvalue weighted by Crippen LogP contribution is 2.36. The van der Waals surface area contributed by atoms with Crippen LogP contribution in [0.2, 0.25) is 0 Å². The van der Waals surface area contributed by atoms with Crippen LogP contribution in [0.25, 0.3) is 0 Å². The summed E-state index contributed by atoms with van der Waals surface area (Å²) in [6.45, 7) is 4.10. The molecule has 2 N–H and O–H groups in total. The van der Waals surface area contributed by atoms with Gasteiger partial charge in [0.05, 0.1) is 7.11 Å². The Kier molecular flexibility index (Phi) is 3.23. The van der Waals surface area contributed by atoms with Crippen LogP contribution >= 0.6 is 0 Å². The summed E-state index contributed by atoms with van der Waals surface area (Å²) in [5, 5.41) is 0. The van der Waals surface area contributed by atoms with Crippen LogP contribution in [-0.2, 0) is 0 Å². The summed E-state index contributed by atoms with van der Waals surface area (Å²) in [6, 6.07) is 2.08. The summed E-state index contributed by atoms with van der Waals surface area (Å²) in [4.78, 5) is 0. The Morgan fingerprint density at radius 2 is 2.00 bits per heavy atom. The van der Waals surface area contributed by atoms with Crippen LogP contribution in [0.1, 0.15) is 29.0 Å². The number of nitrogen functional groups attached to an aromatic ring is 1. The molecule has 0 heterocycles. The fourth-order valence-corrected chi connectivity index (χ4v) is 2.26. The Balaban J connectivity index is 2.50. The van der Waals surface area contributed by atoms with Gasteiger partial charge in [0.2, 0.25) is 0 Å². The number of rotatable bonds is 2. The quantitative estimate of drug-likeness (QED) is 0.788. The number of benzene rings is 1. The second kappa shape index (κ2) is 4.66. The summed E-state index contributed by atoms with van der Waals surface area (Å²) in [5.41, 5.74) is 10.5. The van der Waals surface area contributed by atoms with E-state index in [2.05, 4.69) is 37.3 Å². The molecule has 2 rings (SSSR count). The molecule has 90 valence electrons. The Morgan fingerprint density at radius 3 is 2.59 bits per heavy atom. The van der Waals surface area contributed by atoms with Gasteiger partial charge in [-0.15, -0.1) is 0 Å². The molecular weight excluding hydrogens is 210 g/mol. The lowest BCUT2D eigenvalue weighted by molar-refractivity contribution is 0.410. The molecule has 1 atom stereocenters. The average molecular weight is 229 g/mol. The lowest BCUT2D eigenvalue weighted by Gasteiger charge is -2.20. The van der Waals surface area contributed by atoms with Crippen molar-refractivity contribution in [3.63, 3.8) is 0 Å². The lowest BCUT2D eigenvalue weighted by atomic mass is 9.88. The Morgan fingerprint density at radius 1 is 1.24 bits per heavy atom. The highest BCUT2D eigenvalue weighted by molar-refractivity contribution is 5.63. The molecule has 1 aromatic rings. The molecule has 1 aliphatic rings. The van der Waals surface area contributed by atoms with E-state index in [0.29, 0.717) is 5.92 Å². The molecule has 2 heteroatoms. The van der Waals surface area contributed by atoms with Gasteiger partial charge in [-0.2, -0.15) is 0 Å². The largest absolute Gasteiger partial charge is 0.496 e. The van der Waals surface area contributed by atoms with Gasteiger partial charge >= 0.3 is 0 Å². The maximum Gasteiger partial charge on any atom is 0.122 e. The van der Waals surface area contributed by atoms with Crippen molar-refractivity contribution in [2.75, 3.05) is 12.8 Å². The zero-order valence-corrected chi connectivity index (χ0v) is 10.7. The summed E-state index contributed by atoms with van der Waals surface area (Å²) in [5.74, 6) is 1.29. The molecule has 0 amide bonds. The molecule has 0 unspecified atom stereocenters. The van der Waals surface area contributed by atoms with Crippen molar-refractivity contribution in [3.8, 4) is 5.75 Å². The molecule has 0 bridgehead atoms. The number of allylic oxidation sites excluding steroid dienone is 4. The van der Waals surface area contributed by atoms with Crippen LogP contribution in [0.15, 0.2) is 30.4 Å². The molecule has 0 fully saturated rings. The van der Waals surface area contributed by atoms with Gasteiger partial charge in [-0.1, -0.05) is 24.3 Å². The number of ether oxygens (including phenoxy) is 1. The minimum atomic E-state index is 0.369. The minimum absolute atomic E-state index is 0.369. The van der Waals surface area contributed by atoms with Crippen molar-refractivity contribution >= 4 is 5.69 Å². The Hall–Kier alpha value is -1.70. The molecule has 0 saturated carbocycles. The van der Waals surface area contributed by atoms with E-state index in [1.54, 1.807) is 7.11 Å². The van der Waals surface area contributed by atoms with E-state index < -0.39 is 0 Å². The molecule has 0 aliphatic heterocycles. The fraction of sp³-hybridized carbons (Fsp3) is 0.333. The van der Waals surface area contributed by atoms with E-state index in [0.717, 1.165) is 29.0 Å². The van der Waals surface area contributed by atoms with E-state index >= 15 is 0 Å². The summed E-state index contributed by atoms with van der Waals surface area (Å²) >= 11 is 0. The van der Waals surface area contributed by atoms with E-state index in [-0.39, 0.29) is 0 Å². The van der Waals surface area contributed by atoms with Gasteiger partial charge in [-0.25, -0.2) is 0 Å². The zero-order chi connectivity index (χ0) is 12.4. The van der Waals surface area contributed by atoms with Crippen molar-refractivity contribution in [3.05, 3.63) is 47.1 Å². The number of hydrogen-bond donors (Lipinski definition) is 1. The number of anilines is 1. The van der Waals surface area contributed by atoms with E-state index in [4.69, 9.17) is 10.5 Å². The van der Waals surface area contributed by atoms with Crippen molar-refractivity contribution in [2.24, 2.45) is 0 Å². The summed E-state index contributed by atoms with van der Waals surface area (Å²) in [7, 11) is 1.71. The van der Waals surface area contributed by atoms with E-state index in [1.807, 2.05) is 6.92 Å². The van der Waals surface area contributed by atoms with Crippen molar-refractivity contribution in [1.82, 2.24) is 0 Å². The van der Waals surface area contributed by atoms with Crippen LogP contribution < -0.4 is 10.5 Å². The third-order valence-corrected chi connectivity index (χ3v) is 3.53. The molecule has 2 nitrogen and oxygen atoms in total. The molecule has 1 aromatic carbocycles. The SMILES string of the molecule is COc1cc([C@H]2C=CC=CC2)c(N)c(C)c1C. The topological polar surface area (TPSA) is 35.2 Å². The Labute approximate surface area is 103 Å². The third kappa shape index (κ3) is 2.07.